The van der Waals surface area contributed by atoms with Gasteiger partial charge in [0.05, 0.1) is 12.2 Å². The highest BCUT2D eigenvalue weighted by atomic mass is 35.5. The average Bonchev–Trinajstić information content (AvgIpc) is 3.34. The van der Waals surface area contributed by atoms with Crippen LogP contribution in [0.3, 0.4) is 0 Å². The molecule has 3 heterocycles. The number of imidazole rings is 1. The monoisotopic (exact) mass is 442 g/mol. The molecule has 0 amide bonds. The van der Waals surface area contributed by atoms with E-state index in [0.717, 1.165) is 12.8 Å². The minimum Gasteiger partial charge on any atom is -0.493 e. The van der Waals surface area contributed by atoms with Crippen molar-refractivity contribution in [2.45, 2.75) is 25.4 Å². The SMILES string of the molecule is O=c1[nH]c(O)c(C=c2cnn3c(=NC4CC4)nc(NCc4cc(F)cc(Cl)c4)nc23)[nH]1. The zero-order valence-corrected chi connectivity index (χ0v) is 16.7. The van der Waals surface area contributed by atoms with E-state index in [-0.39, 0.29) is 30.1 Å². The van der Waals surface area contributed by atoms with Gasteiger partial charge in [-0.15, -0.1) is 0 Å². The van der Waals surface area contributed by atoms with Crippen LogP contribution in [0.15, 0.2) is 34.2 Å². The predicted octanol–water partition coefficient (Wildman–Crippen LogP) is 0.862. The summed E-state index contributed by atoms with van der Waals surface area (Å²) >= 11 is 5.92. The van der Waals surface area contributed by atoms with Crippen LogP contribution in [0.5, 0.6) is 5.88 Å². The number of nitrogens with one attached hydrogen (secondary N) is 3. The lowest BCUT2D eigenvalue weighted by molar-refractivity contribution is 0.454. The van der Waals surface area contributed by atoms with E-state index in [0.29, 0.717) is 27.1 Å². The fourth-order valence-corrected chi connectivity index (χ4v) is 3.30. The number of aromatic amines is 2. The van der Waals surface area contributed by atoms with E-state index >= 15 is 0 Å². The Labute approximate surface area is 178 Å². The molecule has 10 nitrogen and oxygen atoms in total. The maximum absolute atomic E-state index is 13.6. The smallest absolute Gasteiger partial charge is 0.326 e. The number of H-pyrrole nitrogens is 2. The van der Waals surface area contributed by atoms with Crippen molar-refractivity contribution >= 4 is 29.3 Å². The first-order chi connectivity index (χ1) is 14.9. The number of anilines is 1. The molecule has 0 radical (unpaired) electrons. The van der Waals surface area contributed by atoms with Crippen LogP contribution < -0.4 is 21.8 Å². The van der Waals surface area contributed by atoms with Crippen LogP contribution >= 0.6 is 11.6 Å². The Morgan fingerprint density at radius 2 is 2.16 bits per heavy atom. The third kappa shape index (κ3) is 4.12. The second kappa shape index (κ2) is 7.51. The number of benzene rings is 1. The third-order valence-corrected chi connectivity index (χ3v) is 4.85. The van der Waals surface area contributed by atoms with Crippen molar-refractivity contribution in [1.82, 2.24) is 29.5 Å². The summed E-state index contributed by atoms with van der Waals surface area (Å²) in [6.45, 7) is 0.246. The fourth-order valence-electron chi connectivity index (χ4n) is 3.05. The number of hydrogen-bond acceptors (Lipinski definition) is 7. The molecule has 12 heteroatoms. The van der Waals surface area contributed by atoms with E-state index in [1.165, 1.54) is 22.8 Å². The van der Waals surface area contributed by atoms with Crippen molar-refractivity contribution in [2.24, 2.45) is 4.99 Å². The molecule has 1 saturated carbocycles. The van der Waals surface area contributed by atoms with Gasteiger partial charge in [-0.2, -0.15) is 19.6 Å². The number of nitrogens with zero attached hydrogens (tertiary/aromatic N) is 5. The first kappa shape index (κ1) is 19.2. The second-order valence-corrected chi connectivity index (χ2v) is 7.60. The predicted molar refractivity (Wildman–Crippen MR) is 110 cm³/mol. The maximum Gasteiger partial charge on any atom is 0.326 e. The first-order valence-electron chi connectivity index (χ1n) is 9.46. The first-order valence-corrected chi connectivity index (χ1v) is 9.84. The van der Waals surface area contributed by atoms with Crippen molar-refractivity contribution < 1.29 is 9.50 Å². The van der Waals surface area contributed by atoms with Crippen LogP contribution in [0.4, 0.5) is 10.3 Å². The fraction of sp³-hybridized carbons (Fsp3) is 0.211. The number of rotatable bonds is 5. The lowest BCUT2D eigenvalue weighted by Gasteiger charge is -2.06. The largest absolute Gasteiger partial charge is 0.493 e. The molecule has 1 fully saturated rings. The van der Waals surface area contributed by atoms with Crippen molar-refractivity contribution in [2.75, 3.05) is 5.32 Å². The summed E-state index contributed by atoms with van der Waals surface area (Å²) in [5, 5.41) is 18.0. The summed E-state index contributed by atoms with van der Waals surface area (Å²) < 4.78 is 15.1. The average molecular weight is 443 g/mol. The summed E-state index contributed by atoms with van der Waals surface area (Å²) in [5.41, 5.74) is 1.09. The minimum absolute atomic E-state index is 0.190. The molecule has 0 unspecified atom stereocenters. The molecule has 0 aliphatic heterocycles. The van der Waals surface area contributed by atoms with E-state index in [4.69, 9.17) is 11.6 Å². The number of hydrogen-bond donors (Lipinski definition) is 4. The maximum atomic E-state index is 13.6. The summed E-state index contributed by atoms with van der Waals surface area (Å²) in [4.78, 5) is 29.7. The Hall–Kier alpha value is -3.73. The van der Waals surface area contributed by atoms with Crippen LogP contribution in [0, 0.1) is 5.82 Å². The molecular weight excluding hydrogens is 427 g/mol. The van der Waals surface area contributed by atoms with Crippen molar-refractivity contribution in [3.8, 4) is 5.88 Å². The zero-order chi connectivity index (χ0) is 21.5. The van der Waals surface area contributed by atoms with Crippen LogP contribution in [-0.4, -0.2) is 40.7 Å². The lowest BCUT2D eigenvalue weighted by atomic mass is 10.2. The number of fused-ring (bicyclic) bond motifs is 1. The standard InChI is InChI=1S/C19H16ClFN8O2/c20-11-3-9(4-12(21)6-11)7-22-17-26-15-10(5-14-16(30)27-19(31)25-14)8-23-29(15)18(28-17)24-13-1-2-13/h3-6,8,13,30H,1-2,7H2,(H,22,24,28)(H2,25,27,31). The Morgan fingerprint density at radius 1 is 1.32 bits per heavy atom. The molecule has 4 aromatic rings. The third-order valence-electron chi connectivity index (χ3n) is 4.63. The Bertz CT molecular complexity index is 1450. The lowest BCUT2D eigenvalue weighted by Crippen LogP contribution is -2.24. The molecule has 158 valence electrons. The van der Waals surface area contributed by atoms with Gasteiger partial charge in [-0.3, -0.25) is 4.98 Å². The Kier molecular flexibility index (Phi) is 4.66. The summed E-state index contributed by atoms with van der Waals surface area (Å²) in [6.07, 6.45) is 5.04. The van der Waals surface area contributed by atoms with Gasteiger partial charge in [0.2, 0.25) is 11.8 Å². The number of aromatic hydroxyl groups is 1. The molecule has 0 saturated heterocycles. The quantitative estimate of drug-likeness (QED) is 0.362. The Morgan fingerprint density at radius 3 is 2.87 bits per heavy atom. The van der Waals surface area contributed by atoms with Crippen LogP contribution in [0.1, 0.15) is 24.1 Å². The molecule has 5 rings (SSSR count). The van der Waals surface area contributed by atoms with Crippen LogP contribution in [-0.2, 0) is 6.54 Å². The molecule has 1 aliphatic rings. The highest BCUT2D eigenvalue weighted by molar-refractivity contribution is 6.30. The van der Waals surface area contributed by atoms with Crippen LogP contribution in [0.2, 0.25) is 5.02 Å². The molecule has 0 bridgehead atoms. The minimum atomic E-state index is -0.532. The molecule has 4 N–H and O–H groups in total. The van der Waals surface area contributed by atoms with Gasteiger partial charge in [-0.05, 0) is 42.7 Å². The zero-order valence-electron chi connectivity index (χ0n) is 15.9. The Balaban J connectivity index is 1.58. The molecule has 1 aromatic carbocycles. The molecule has 3 aromatic heterocycles. The molecular formula is C19H16ClFN8O2. The van der Waals surface area contributed by atoms with Crippen molar-refractivity contribution in [1.29, 1.82) is 0 Å². The molecule has 0 spiro atoms. The van der Waals surface area contributed by atoms with Crippen LogP contribution in [0.25, 0.3) is 11.7 Å². The molecule has 0 atom stereocenters. The van der Waals surface area contributed by atoms with E-state index in [9.17, 15) is 14.3 Å². The van der Waals surface area contributed by atoms with Gasteiger partial charge < -0.3 is 15.4 Å². The topological polar surface area (TPSA) is 136 Å². The normalized spacial score (nSPS) is 15.2. The van der Waals surface area contributed by atoms with E-state index in [1.54, 1.807) is 12.1 Å². The van der Waals surface area contributed by atoms with Crippen molar-refractivity contribution in [3.63, 3.8) is 0 Å². The van der Waals surface area contributed by atoms with E-state index in [2.05, 4.69) is 35.3 Å². The van der Waals surface area contributed by atoms with Gasteiger partial charge in [0.15, 0.2) is 5.65 Å². The van der Waals surface area contributed by atoms with Gasteiger partial charge in [0.1, 0.15) is 11.5 Å². The number of halogens is 2. The summed E-state index contributed by atoms with van der Waals surface area (Å²) in [6, 6.07) is 4.44. The van der Waals surface area contributed by atoms with Gasteiger partial charge in [0, 0.05) is 16.8 Å². The number of aromatic nitrogens is 6. The highest BCUT2D eigenvalue weighted by Crippen LogP contribution is 2.22. The van der Waals surface area contributed by atoms with E-state index < -0.39 is 11.5 Å². The van der Waals surface area contributed by atoms with Gasteiger partial charge >= 0.3 is 5.69 Å². The van der Waals surface area contributed by atoms with Crippen molar-refractivity contribution in [3.05, 3.63) is 67.8 Å². The van der Waals surface area contributed by atoms with Gasteiger partial charge in [-0.25, -0.2) is 14.2 Å². The highest BCUT2D eigenvalue weighted by Gasteiger charge is 2.21. The second-order valence-electron chi connectivity index (χ2n) is 7.16. The summed E-state index contributed by atoms with van der Waals surface area (Å²) in [5.74, 6) is -0.449. The van der Waals surface area contributed by atoms with Gasteiger partial charge in [0.25, 0.3) is 5.62 Å². The van der Waals surface area contributed by atoms with E-state index in [1.807, 2.05) is 0 Å². The van der Waals surface area contributed by atoms with Gasteiger partial charge in [-0.1, -0.05) is 11.6 Å². The molecule has 1 aliphatic carbocycles. The molecule has 31 heavy (non-hydrogen) atoms. The summed E-state index contributed by atoms with van der Waals surface area (Å²) in [7, 11) is 0.